The lowest BCUT2D eigenvalue weighted by Gasteiger charge is -2.06. The monoisotopic (exact) mass is 281 g/mol. The summed E-state index contributed by atoms with van der Waals surface area (Å²) in [6.45, 7) is 8.14. The molecule has 0 aliphatic rings. The molecule has 0 saturated carbocycles. The van der Waals surface area contributed by atoms with E-state index in [-0.39, 0.29) is 11.1 Å². The summed E-state index contributed by atoms with van der Waals surface area (Å²) in [5, 5.41) is 2.94. The van der Waals surface area contributed by atoms with Gasteiger partial charge in [-0.2, -0.15) is 4.98 Å². The van der Waals surface area contributed by atoms with E-state index < -0.39 is 0 Å². The molecule has 1 aromatic carbocycles. The van der Waals surface area contributed by atoms with E-state index in [2.05, 4.69) is 31.8 Å². The number of anilines is 1. The van der Waals surface area contributed by atoms with E-state index in [1.807, 2.05) is 26.0 Å². The second kappa shape index (κ2) is 4.97. The fraction of sp³-hybridized carbons (Fsp3) is 0.200. The number of aryl methyl sites for hydroxylation is 2. The molecule has 0 amide bonds. The molecule has 2 aromatic heterocycles. The predicted molar refractivity (Wildman–Crippen MR) is 83.6 cm³/mol. The van der Waals surface area contributed by atoms with Gasteiger partial charge in [0.2, 0.25) is 5.95 Å². The molecular weight excluding hydrogens is 266 g/mol. The summed E-state index contributed by atoms with van der Waals surface area (Å²) in [5.41, 5.74) is 3.95. The Morgan fingerprint density at radius 3 is 2.52 bits per heavy atom. The lowest BCUT2D eigenvalue weighted by atomic mass is 10.1. The smallest absolute Gasteiger partial charge is 0.280 e. The van der Waals surface area contributed by atoms with Crippen molar-refractivity contribution < 1.29 is 0 Å². The van der Waals surface area contributed by atoms with E-state index in [1.165, 1.54) is 0 Å². The van der Waals surface area contributed by atoms with Gasteiger partial charge >= 0.3 is 0 Å². The maximum atomic E-state index is 12.1. The first-order valence-corrected chi connectivity index (χ1v) is 6.62. The average Bonchev–Trinajstić information content (AvgIpc) is 2.45. The number of benzene rings is 1. The first kappa shape index (κ1) is 13.2. The zero-order valence-corrected chi connectivity index (χ0v) is 11.9. The summed E-state index contributed by atoms with van der Waals surface area (Å²) < 4.78 is 0. The molecule has 0 spiro atoms. The van der Waals surface area contributed by atoms with E-state index in [4.69, 9.17) is 0 Å². The van der Waals surface area contributed by atoms with Gasteiger partial charge in [-0.25, -0.2) is 9.97 Å². The summed E-state index contributed by atoms with van der Waals surface area (Å²) in [4.78, 5) is 27.9. The minimum atomic E-state index is -0.306. The molecule has 3 rings (SSSR count). The number of H-pyrrole nitrogens is 1. The fourth-order valence-corrected chi connectivity index (χ4v) is 2.09. The number of nitrogens with one attached hydrogen (secondary N) is 2. The zero-order valence-electron chi connectivity index (χ0n) is 11.9. The van der Waals surface area contributed by atoms with Crippen LogP contribution in [0.4, 0.5) is 5.95 Å². The Morgan fingerprint density at radius 1 is 1.19 bits per heavy atom. The molecular formula is C15H15N5O. The minimum Gasteiger partial charge on any atom is -0.352 e. The second-order valence-electron chi connectivity index (χ2n) is 4.91. The third-order valence-electron chi connectivity index (χ3n) is 3.34. The molecule has 2 heterocycles. The molecule has 0 aliphatic heterocycles. The van der Waals surface area contributed by atoms with Crippen molar-refractivity contribution in [3.8, 4) is 0 Å². The van der Waals surface area contributed by atoms with Crippen molar-refractivity contribution in [1.29, 1.82) is 0 Å². The number of fused-ring (bicyclic) bond motifs is 2. The predicted octanol–water partition coefficient (Wildman–Crippen LogP) is 2.08. The number of aromatic amines is 1. The van der Waals surface area contributed by atoms with E-state index in [9.17, 15) is 4.79 Å². The number of aromatic nitrogens is 4. The quantitative estimate of drug-likeness (QED) is 0.567. The molecule has 21 heavy (non-hydrogen) atoms. The zero-order chi connectivity index (χ0) is 15.0. The standard InChI is InChI=1S/C15H15N5O/c1-4-5-16-15-19-13-12(14(21)20-15)17-10-6-8(2)9(3)7-11(10)18-13/h4,6-7H,1,5H2,2-3H3,(H2,16,18,19,20,21). The van der Waals surface area contributed by atoms with Gasteiger partial charge in [0.1, 0.15) is 0 Å². The molecule has 0 aliphatic carbocycles. The third kappa shape index (κ3) is 2.35. The Kier molecular flexibility index (Phi) is 3.13. The summed E-state index contributed by atoms with van der Waals surface area (Å²) >= 11 is 0. The van der Waals surface area contributed by atoms with E-state index in [0.717, 1.165) is 16.6 Å². The van der Waals surface area contributed by atoms with Crippen LogP contribution in [0, 0.1) is 13.8 Å². The molecule has 0 radical (unpaired) electrons. The van der Waals surface area contributed by atoms with Crippen molar-refractivity contribution in [1.82, 2.24) is 19.9 Å². The highest BCUT2D eigenvalue weighted by molar-refractivity contribution is 5.85. The van der Waals surface area contributed by atoms with Gasteiger partial charge in [-0.3, -0.25) is 9.78 Å². The lowest BCUT2D eigenvalue weighted by Crippen LogP contribution is -2.15. The normalized spacial score (nSPS) is 11.0. The van der Waals surface area contributed by atoms with Crippen LogP contribution in [0.1, 0.15) is 11.1 Å². The fourth-order valence-electron chi connectivity index (χ4n) is 2.09. The summed E-state index contributed by atoms with van der Waals surface area (Å²) in [5.74, 6) is 0.366. The van der Waals surface area contributed by atoms with Crippen LogP contribution in [0.2, 0.25) is 0 Å². The van der Waals surface area contributed by atoms with E-state index >= 15 is 0 Å². The van der Waals surface area contributed by atoms with Crippen molar-refractivity contribution in [3.05, 3.63) is 46.3 Å². The van der Waals surface area contributed by atoms with Crippen LogP contribution in [0.15, 0.2) is 29.6 Å². The van der Waals surface area contributed by atoms with Crippen LogP contribution >= 0.6 is 0 Å². The molecule has 2 N–H and O–H groups in total. The third-order valence-corrected chi connectivity index (χ3v) is 3.34. The first-order chi connectivity index (χ1) is 10.1. The molecule has 0 saturated heterocycles. The van der Waals surface area contributed by atoms with Gasteiger partial charge in [-0.05, 0) is 37.1 Å². The maximum Gasteiger partial charge on any atom is 0.280 e. The molecule has 0 bridgehead atoms. The molecule has 3 aromatic rings. The van der Waals surface area contributed by atoms with Gasteiger partial charge in [-0.15, -0.1) is 6.58 Å². The summed E-state index contributed by atoms with van der Waals surface area (Å²) in [6.07, 6.45) is 1.68. The Balaban J connectivity index is 2.27. The Bertz CT molecular complexity index is 913. The van der Waals surface area contributed by atoms with Crippen molar-refractivity contribution in [2.24, 2.45) is 0 Å². The van der Waals surface area contributed by atoms with Crippen LogP contribution in [0.5, 0.6) is 0 Å². The summed E-state index contributed by atoms with van der Waals surface area (Å²) in [7, 11) is 0. The van der Waals surface area contributed by atoms with Gasteiger partial charge in [-0.1, -0.05) is 6.08 Å². The van der Waals surface area contributed by atoms with Crippen LogP contribution in [0.3, 0.4) is 0 Å². The molecule has 6 heteroatoms. The molecule has 0 fully saturated rings. The van der Waals surface area contributed by atoms with E-state index in [1.54, 1.807) is 6.08 Å². The van der Waals surface area contributed by atoms with Crippen LogP contribution in [-0.2, 0) is 0 Å². The van der Waals surface area contributed by atoms with Crippen molar-refractivity contribution in [2.75, 3.05) is 11.9 Å². The topological polar surface area (TPSA) is 83.6 Å². The average molecular weight is 281 g/mol. The van der Waals surface area contributed by atoms with Crippen molar-refractivity contribution >= 4 is 28.1 Å². The summed E-state index contributed by atoms with van der Waals surface area (Å²) in [6, 6.07) is 3.89. The number of nitrogens with zero attached hydrogens (tertiary/aromatic N) is 3. The van der Waals surface area contributed by atoms with Crippen LogP contribution < -0.4 is 10.9 Å². The largest absolute Gasteiger partial charge is 0.352 e. The number of hydrogen-bond donors (Lipinski definition) is 2. The minimum absolute atomic E-state index is 0.245. The molecule has 6 nitrogen and oxygen atoms in total. The Hall–Kier alpha value is -2.76. The maximum absolute atomic E-state index is 12.1. The van der Waals surface area contributed by atoms with Gasteiger partial charge in [0, 0.05) is 6.54 Å². The van der Waals surface area contributed by atoms with Crippen molar-refractivity contribution in [2.45, 2.75) is 13.8 Å². The Labute approximate surface area is 121 Å². The van der Waals surface area contributed by atoms with E-state index in [0.29, 0.717) is 23.7 Å². The Morgan fingerprint density at radius 2 is 1.86 bits per heavy atom. The van der Waals surface area contributed by atoms with Crippen LogP contribution in [0.25, 0.3) is 22.2 Å². The number of hydrogen-bond acceptors (Lipinski definition) is 5. The van der Waals surface area contributed by atoms with Crippen molar-refractivity contribution in [3.63, 3.8) is 0 Å². The second-order valence-corrected chi connectivity index (χ2v) is 4.91. The van der Waals surface area contributed by atoms with Gasteiger partial charge in [0.15, 0.2) is 11.2 Å². The SMILES string of the molecule is C=CCNc1nc2nc3cc(C)c(C)cc3nc2c(=O)[nH]1. The van der Waals surface area contributed by atoms with Gasteiger partial charge in [0.05, 0.1) is 11.0 Å². The van der Waals surface area contributed by atoms with Crippen LogP contribution in [-0.4, -0.2) is 26.5 Å². The molecule has 0 atom stereocenters. The highest BCUT2D eigenvalue weighted by Crippen LogP contribution is 2.17. The highest BCUT2D eigenvalue weighted by Gasteiger charge is 2.09. The first-order valence-electron chi connectivity index (χ1n) is 6.62. The van der Waals surface area contributed by atoms with Gasteiger partial charge < -0.3 is 5.32 Å². The highest BCUT2D eigenvalue weighted by atomic mass is 16.1. The molecule has 106 valence electrons. The van der Waals surface area contributed by atoms with Gasteiger partial charge in [0.25, 0.3) is 5.56 Å². The number of rotatable bonds is 3. The lowest BCUT2D eigenvalue weighted by molar-refractivity contribution is 1.10. The molecule has 0 unspecified atom stereocenters.